The van der Waals surface area contributed by atoms with Crippen LogP contribution in [0.3, 0.4) is 0 Å². The van der Waals surface area contributed by atoms with Gasteiger partial charge < -0.3 is 14.6 Å². The predicted octanol–water partition coefficient (Wildman–Crippen LogP) is 3.36. The zero-order valence-electron chi connectivity index (χ0n) is 11.2. The number of anilines is 1. The highest BCUT2D eigenvalue weighted by Gasteiger charge is 2.36. The van der Waals surface area contributed by atoms with Crippen LogP contribution in [-0.4, -0.2) is 16.7 Å². The molecule has 6 heteroatoms. The van der Waals surface area contributed by atoms with E-state index in [-0.39, 0.29) is 0 Å². The standard InChI is InChI=1S/C14H16ClN3O2/c1-14(6-3-7-19-14)13-17-12(20-18-13)9-16-11-5-2-4-10(15)8-11/h2,4-5,8,16H,3,6-7,9H2,1H3. The fourth-order valence-electron chi connectivity index (χ4n) is 2.27. The quantitative estimate of drug-likeness (QED) is 0.936. The lowest BCUT2D eigenvalue weighted by Crippen LogP contribution is -2.21. The number of hydrogen-bond donors (Lipinski definition) is 1. The van der Waals surface area contributed by atoms with Gasteiger partial charge in [-0.25, -0.2) is 0 Å². The molecule has 1 atom stereocenters. The molecular weight excluding hydrogens is 278 g/mol. The summed E-state index contributed by atoms with van der Waals surface area (Å²) in [6.07, 6.45) is 1.95. The molecule has 0 spiro atoms. The highest BCUT2D eigenvalue weighted by atomic mass is 35.5. The van der Waals surface area contributed by atoms with Gasteiger partial charge in [0, 0.05) is 17.3 Å². The maximum Gasteiger partial charge on any atom is 0.246 e. The topological polar surface area (TPSA) is 60.2 Å². The molecule has 0 amide bonds. The third kappa shape index (κ3) is 2.78. The van der Waals surface area contributed by atoms with Gasteiger partial charge in [-0.2, -0.15) is 4.98 Å². The molecule has 1 saturated heterocycles. The van der Waals surface area contributed by atoms with E-state index in [1.807, 2.05) is 31.2 Å². The number of rotatable bonds is 4. The van der Waals surface area contributed by atoms with E-state index in [2.05, 4.69) is 15.5 Å². The summed E-state index contributed by atoms with van der Waals surface area (Å²) in [5.74, 6) is 1.16. The maximum atomic E-state index is 5.93. The Bertz CT molecular complexity index is 594. The van der Waals surface area contributed by atoms with E-state index >= 15 is 0 Å². The molecule has 0 aliphatic carbocycles. The number of nitrogens with zero attached hydrogens (tertiary/aromatic N) is 2. The van der Waals surface area contributed by atoms with Crippen molar-refractivity contribution in [2.24, 2.45) is 0 Å². The van der Waals surface area contributed by atoms with Crippen LogP contribution in [0.2, 0.25) is 5.02 Å². The average molecular weight is 294 g/mol. The summed E-state index contributed by atoms with van der Waals surface area (Å²) in [5, 5.41) is 7.91. The summed E-state index contributed by atoms with van der Waals surface area (Å²) < 4.78 is 11.0. The van der Waals surface area contributed by atoms with Crippen LogP contribution in [-0.2, 0) is 16.9 Å². The van der Waals surface area contributed by atoms with Gasteiger partial charge in [0.25, 0.3) is 0 Å². The van der Waals surface area contributed by atoms with E-state index in [4.69, 9.17) is 20.9 Å². The minimum atomic E-state index is -0.405. The second kappa shape index (κ2) is 5.42. The largest absolute Gasteiger partial charge is 0.376 e. The second-order valence-corrected chi connectivity index (χ2v) is 5.49. The molecule has 5 nitrogen and oxygen atoms in total. The molecule has 2 aromatic rings. The maximum absolute atomic E-state index is 5.93. The van der Waals surface area contributed by atoms with Crippen molar-refractivity contribution in [1.82, 2.24) is 10.1 Å². The van der Waals surface area contributed by atoms with E-state index in [0.717, 1.165) is 25.1 Å². The summed E-state index contributed by atoms with van der Waals surface area (Å²) >= 11 is 5.93. The van der Waals surface area contributed by atoms with Gasteiger partial charge in [-0.1, -0.05) is 22.8 Å². The molecule has 1 aliphatic heterocycles. The van der Waals surface area contributed by atoms with Crippen molar-refractivity contribution in [3.63, 3.8) is 0 Å². The molecule has 0 bridgehead atoms. The fourth-order valence-corrected chi connectivity index (χ4v) is 2.46. The first-order valence-electron chi connectivity index (χ1n) is 6.62. The lowest BCUT2D eigenvalue weighted by atomic mass is 10.0. The molecule has 106 valence electrons. The molecule has 1 unspecified atom stereocenters. The molecule has 3 rings (SSSR count). The SMILES string of the molecule is CC1(c2noc(CNc3cccc(Cl)c3)n2)CCCO1. The summed E-state index contributed by atoms with van der Waals surface area (Å²) in [7, 11) is 0. The van der Waals surface area contributed by atoms with Crippen molar-refractivity contribution in [2.45, 2.75) is 31.9 Å². The zero-order valence-corrected chi connectivity index (χ0v) is 12.0. The van der Waals surface area contributed by atoms with Crippen LogP contribution in [0.15, 0.2) is 28.8 Å². The van der Waals surface area contributed by atoms with Gasteiger partial charge >= 0.3 is 0 Å². The lowest BCUT2D eigenvalue weighted by Gasteiger charge is -2.17. The smallest absolute Gasteiger partial charge is 0.246 e. The molecule has 1 aromatic heterocycles. The number of halogens is 1. The van der Waals surface area contributed by atoms with Gasteiger partial charge in [0.15, 0.2) is 0 Å². The molecule has 1 aliphatic rings. The average Bonchev–Trinajstić information content (AvgIpc) is 3.06. The Morgan fingerprint density at radius 2 is 2.35 bits per heavy atom. The van der Waals surface area contributed by atoms with Gasteiger partial charge in [0.1, 0.15) is 5.60 Å². The van der Waals surface area contributed by atoms with Crippen molar-refractivity contribution in [3.05, 3.63) is 41.0 Å². The Kier molecular flexibility index (Phi) is 3.63. The number of benzene rings is 1. The molecule has 20 heavy (non-hydrogen) atoms. The number of nitrogens with one attached hydrogen (secondary N) is 1. The van der Waals surface area contributed by atoms with Gasteiger partial charge in [-0.3, -0.25) is 0 Å². The number of hydrogen-bond acceptors (Lipinski definition) is 5. The second-order valence-electron chi connectivity index (χ2n) is 5.06. The van der Waals surface area contributed by atoms with Crippen LogP contribution in [0.25, 0.3) is 0 Å². The lowest BCUT2D eigenvalue weighted by molar-refractivity contribution is 0.00768. The monoisotopic (exact) mass is 293 g/mol. The molecule has 1 N–H and O–H groups in total. The molecule has 1 fully saturated rings. The Morgan fingerprint density at radius 3 is 3.10 bits per heavy atom. The Balaban J connectivity index is 1.65. The minimum Gasteiger partial charge on any atom is -0.376 e. The first kappa shape index (κ1) is 13.4. The van der Waals surface area contributed by atoms with Crippen LogP contribution in [0.5, 0.6) is 0 Å². The van der Waals surface area contributed by atoms with E-state index in [1.165, 1.54) is 0 Å². The molecule has 0 radical (unpaired) electrons. The molecule has 0 saturated carbocycles. The first-order chi connectivity index (χ1) is 9.66. The molecule has 2 heterocycles. The summed E-state index contributed by atoms with van der Waals surface area (Å²) in [6.45, 7) is 3.21. The normalized spacial score (nSPS) is 22.1. The van der Waals surface area contributed by atoms with E-state index in [0.29, 0.717) is 23.3 Å². The third-order valence-corrected chi connectivity index (χ3v) is 3.66. The van der Waals surface area contributed by atoms with Crippen molar-refractivity contribution in [3.8, 4) is 0 Å². The van der Waals surface area contributed by atoms with E-state index in [9.17, 15) is 0 Å². The minimum absolute atomic E-state index is 0.405. The Labute approximate surface area is 122 Å². The van der Waals surface area contributed by atoms with Crippen molar-refractivity contribution in [1.29, 1.82) is 0 Å². The van der Waals surface area contributed by atoms with Crippen LogP contribution in [0.1, 0.15) is 31.5 Å². The summed E-state index contributed by atoms with van der Waals surface area (Å²) in [5.41, 5.74) is 0.512. The zero-order chi connectivity index (χ0) is 14.0. The third-order valence-electron chi connectivity index (χ3n) is 3.43. The fraction of sp³-hybridized carbons (Fsp3) is 0.429. The van der Waals surface area contributed by atoms with Crippen LogP contribution in [0, 0.1) is 0 Å². The Hall–Kier alpha value is -1.59. The number of ether oxygens (including phenoxy) is 1. The van der Waals surface area contributed by atoms with E-state index in [1.54, 1.807) is 0 Å². The van der Waals surface area contributed by atoms with Crippen LogP contribution < -0.4 is 5.32 Å². The molecule has 1 aromatic carbocycles. The Morgan fingerprint density at radius 1 is 1.45 bits per heavy atom. The molecular formula is C14H16ClN3O2. The van der Waals surface area contributed by atoms with Crippen LogP contribution >= 0.6 is 11.6 Å². The van der Waals surface area contributed by atoms with Gasteiger partial charge in [0.2, 0.25) is 11.7 Å². The highest BCUT2D eigenvalue weighted by molar-refractivity contribution is 6.30. The first-order valence-corrected chi connectivity index (χ1v) is 7.00. The van der Waals surface area contributed by atoms with Crippen molar-refractivity contribution < 1.29 is 9.26 Å². The highest BCUT2D eigenvalue weighted by Crippen LogP contribution is 2.33. The predicted molar refractivity (Wildman–Crippen MR) is 75.6 cm³/mol. The van der Waals surface area contributed by atoms with E-state index < -0.39 is 5.60 Å². The summed E-state index contributed by atoms with van der Waals surface area (Å²) in [6, 6.07) is 7.50. The van der Waals surface area contributed by atoms with Gasteiger partial charge in [-0.15, -0.1) is 0 Å². The van der Waals surface area contributed by atoms with Crippen LogP contribution in [0.4, 0.5) is 5.69 Å². The van der Waals surface area contributed by atoms with Gasteiger partial charge in [0.05, 0.1) is 6.54 Å². The van der Waals surface area contributed by atoms with Crippen molar-refractivity contribution in [2.75, 3.05) is 11.9 Å². The number of aromatic nitrogens is 2. The summed E-state index contributed by atoms with van der Waals surface area (Å²) in [4.78, 5) is 4.40. The van der Waals surface area contributed by atoms with Crippen molar-refractivity contribution >= 4 is 17.3 Å². The van der Waals surface area contributed by atoms with Gasteiger partial charge in [-0.05, 0) is 38.0 Å².